The number of carbonyl (C=O) groups excluding carboxylic acids is 2. The third-order valence-corrected chi connectivity index (χ3v) is 2.84. The van der Waals surface area contributed by atoms with Gasteiger partial charge in [-0.25, -0.2) is 0 Å². The van der Waals surface area contributed by atoms with Gasteiger partial charge in [0.25, 0.3) is 0 Å². The van der Waals surface area contributed by atoms with E-state index in [2.05, 4.69) is 13.8 Å². The monoisotopic (exact) mass is 209 g/mol. The van der Waals surface area contributed by atoms with Crippen LogP contribution in [0.25, 0.3) is 0 Å². The van der Waals surface area contributed by atoms with Gasteiger partial charge >= 0.3 is 0 Å². The fourth-order valence-corrected chi connectivity index (χ4v) is 2.08. The molecular weight excluding hydrogens is 188 g/mol. The smallest absolute Gasteiger partial charge is 0.144 e. The van der Waals surface area contributed by atoms with E-state index in [9.17, 15) is 9.59 Å². The topological polar surface area (TPSA) is 34.1 Å². The van der Waals surface area contributed by atoms with Crippen molar-refractivity contribution in [1.29, 1.82) is 0 Å². The van der Waals surface area contributed by atoms with Crippen LogP contribution in [0.3, 0.4) is 0 Å². The molecule has 2 heteroatoms. The Morgan fingerprint density at radius 3 is 2.13 bits per heavy atom. The summed E-state index contributed by atoms with van der Waals surface area (Å²) in [5, 5.41) is 0. The molecule has 0 bridgehead atoms. The highest BCUT2D eigenvalue weighted by molar-refractivity contribution is 6.06. The van der Waals surface area contributed by atoms with Crippen molar-refractivity contribution < 1.29 is 9.59 Å². The lowest BCUT2D eigenvalue weighted by Gasteiger charge is -2.32. The van der Waals surface area contributed by atoms with Crippen LogP contribution in [0.4, 0.5) is 0 Å². The summed E-state index contributed by atoms with van der Waals surface area (Å²) >= 11 is 0. The van der Waals surface area contributed by atoms with E-state index in [0.29, 0.717) is 18.8 Å². The molecule has 0 spiro atoms. The first-order chi connectivity index (χ1) is 6.82. The van der Waals surface area contributed by atoms with Gasteiger partial charge in [-0.2, -0.15) is 0 Å². The summed E-state index contributed by atoms with van der Waals surface area (Å²) in [6.45, 7) is 8.17. The molecular formula is C13H21O2. The summed E-state index contributed by atoms with van der Waals surface area (Å²) in [7, 11) is 0. The number of rotatable bonds is 3. The van der Waals surface area contributed by atoms with Crippen LogP contribution in [0.1, 0.15) is 47.0 Å². The first kappa shape index (κ1) is 12.4. The molecule has 15 heavy (non-hydrogen) atoms. The van der Waals surface area contributed by atoms with E-state index in [4.69, 9.17) is 0 Å². The Labute approximate surface area is 92.4 Å². The number of carbonyl (C=O) groups is 2. The van der Waals surface area contributed by atoms with Crippen molar-refractivity contribution in [2.75, 3.05) is 0 Å². The van der Waals surface area contributed by atoms with E-state index in [1.165, 1.54) is 0 Å². The Kier molecular flexibility index (Phi) is 3.69. The molecule has 0 aliphatic heterocycles. The van der Waals surface area contributed by atoms with Crippen molar-refractivity contribution in [2.24, 2.45) is 17.3 Å². The van der Waals surface area contributed by atoms with Crippen LogP contribution < -0.4 is 0 Å². The van der Waals surface area contributed by atoms with Crippen molar-refractivity contribution in [3.8, 4) is 0 Å². The van der Waals surface area contributed by atoms with Gasteiger partial charge < -0.3 is 0 Å². The van der Waals surface area contributed by atoms with Gasteiger partial charge in [0, 0.05) is 12.8 Å². The zero-order valence-electron chi connectivity index (χ0n) is 10.2. The molecule has 2 nitrogen and oxygen atoms in total. The Bertz CT molecular complexity index is 244. The SMILES string of the molecule is CC(C)C[CH]C1C(=O)CC(C)(C)CC1=O. The van der Waals surface area contributed by atoms with E-state index in [1.807, 2.05) is 20.3 Å². The highest BCUT2D eigenvalue weighted by atomic mass is 16.2. The van der Waals surface area contributed by atoms with E-state index in [-0.39, 0.29) is 17.0 Å². The van der Waals surface area contributed by atoms with Crippen LogP contribution in [-0.4, -0.2) is 11.6 Å². The van der Waals surface area contributed by atoms with Crippen LogP contribution in [0.15, 0.2) is 0 Å². The van der Waals surface area contributed by atoms with Gasteiger partial charge in [-0.1, -0.05) is 27.7 Å². The molecule has 0 unspecified atom stereocenters. The Morgan fingerprint density at radius 2 is 1.73 bits per heavy atom. The van der Waals surface area contributed by atoms with Gasteiger partial charge in [-0.3, -0.25) is 9.59 Å². The van der Waals surface area contributed by atoms with E-state index < -0.39 is 5.92 Å². The highest BCUT2D eigenvalue weighted by Crippen LogP contribution is 2.35. The summed E-state index contributed by atoms with van der Waals surface area (Å²) in [6.07, 6.45) is 3.84. The first-order valence-electron chi connectivity index (χ1n) is 5.70. The van der Waals surface area contributed by atoms with Gasteiger partial charge in [0.15, 0.2) is 0 Å². The fraction of sp³-hybridized carbons (Fsp3) is 0.769. The first-order valence-corrected chi connectivity index (χ1v) is 5.70. The van der Waals surface area contributed by atoms with Gasteiger partial charge in [0.05, 0.1) is 5.92 Å². The molecule has 1 radical (unpaired) electrons. The van der Waals surface area contributed by atoms with Gasteiger partial charge in [0.1, 0.15) is 11.6 Å². The number of hydrogen-bond donors (Lipinski definition) is 0. The number of ketones is 2. The average Bonchev–Trinajstić information content (AvgIpc) is 1.98. The van der Waals surface area contributed by atoms with Crippen molar-refractivity contribution in [1.82, 2.24) is 0 Å². The predicted octanol–water partition coefficient (Wildman–Crippen LogP) is 2.81. The molecule has 0 N–H and O–H groups in total. The van der Waals surface area contributed by atoms with Crippen LogP contribution >= 0.6 is 0 Å². The normalized spacial score (nSPS) is 22.5. The molecule has 1 fully saturated rings. The van der Waals surface area contributed by atoms with Gasteiger partial charge in [-0.15, -0.1) is 0 Å². The lowest BCUT2D eigenvalue weighted by atomic mass is 9.70. The molecule has 0 saturated heterocycles. The number of Topliss-reactive ketones (excluding diaryl/α,β-unsaturated/α-hetero) is 2. The summed E-state index contributed by atoms with van der Waals surface area (Å²) in [6, 6.07) is 0. The minimum absolute atomic E-state index is 0.108. The second-order valence-corrected chi connectivity index (χ2v) is 5.79. The molecule has 0 aromatic heterocycles. The third kappa shape index (κ3) is 3.44. The molecule has 1 saturated carbocycles. The van der Waals surface area contributed by atoms with Crippen molar-refractivity contribution in [2.45, 2.75) is 47.0 Å². The molecule has 1 aliphatic rings. The van der Waals surface area contributed by atoms with Crippen LogP contribution in [0, 0.1) is 23.7 Å². The summed E-state index contributed by atoms with van der Waals surface area (Å²) in [5.74, 6) is 0.315. The molecule has 0 aromatic carbocycles. The molecule has 0 aromatic rings. The van der Waals surface area contributed by atoms with Crippen molar-refractivity contribution in [3.63, 3.8) is 0 Å². The maximum absolute atomic E-state index is 11.8. The van der Waals surface area contributed by atoms with E-state index in [1.54, 1.807) is 0 Å². The molecule has 1 aliphatic carbocycles. The minimum atomic E-state index is -0.416. The lowest BCUT2D eigenvalue weighted by Crippen LogP contribution is -2.37. The standard InChI is InChI=1S/C13H21O2/c1-9(2)5-6-10-11(14)7-13(3,4)8-12(10)15/h6,9-10H,5,7-8H2,1-4H3. The maximum atomic E-state index is 11.8. The van der Waals surface area contributed by atoms with E-state index in [0.717, 1.165) is 6.42 Å². The molecule has 85 valence electrons. The Balaban J connectivity index is 2.59. The summed E-state index contributed by atoms with van der Waals surface area (Å²) in [5.41, 5.74) is -0.129. The summed E-state index contributed by atoms with van der Waals surface area (Å²) in [4.78, 5) is 23.6. The second-order valence-electron chi connectivity index (χ2n) is 5.79. The van der Waals surface area contributed by atoms with Gasteiger partial charge in [-0.05, 0) is 24.2 Å². The quantitative estimate of drug-likeness (QED) is 0.670. The average molecular weight is 209 g/mol. The Morgan fingerprint density at radius 1 is 1.27 bits per heavy atom. The highest BCUT2D eigenvalue weighted by Gasteiger charge is 2.39. The largest absolute Gasteiger partial charge is 0.299 e. The maximum Gasteiger partial charge on any atom is 0.144 e. The number of hydrogen-bond acceptors (Lipinski definition) is 2. The molecule has 0 heterocycles. The van der Waals surface area contributed by atoms with Crippen molar-refractivity contribution >= 4 is 11.6 Å². The lowest BCUT2D eigenvalue weighted by molar-refractivity contribution is -0.138. The second kappa shape index (κ2) is 4.46. The molecule has 1 rings (SSSR count). The molecule has 0 atom stereocenters. The van der Waals surface area contributed by atoms with Crippen LogP contribution in [-0.2, 0) is 9.59 Å². The summed E-state index contributed by atoms with van der Waals surface area (Å²) < 4.78 is 0. The zero-order chi connectivity index (χ0) is 11.6. The molecule has 0 amide bonds. The Hall–Kier alpha value is -0.660. The van der Waals surface area contributed by atoms with E-state index >= 15 is 0 Å². The fourth-order valence-electron chi connectivity index (χ4n) is 2.08. The van der Waals surface area contributed by atoms with Crippen molar-refractivity contribution in [3.05, 3.63) is 6.42 Å². The predicted molar refractivity (Wildman–Crippen MR) is 60.3 cm³/mol. The van der Waals surface area contributed by atoms with Crippen LogP contribution in [0.2, 0.25) is 0 Å². The third-order valence-electron chi connectivity index (χ3n) is 2.84. The zero-order valence-corrected chi connectivity index (χ0v) is 10.2. The minimum Gasteiger partial charge on any atom is -0.299 e. The van der Waals surface area contributed by atoms with Gasteiger partial charge in [0.2, 0.25) is 0 Å². The van der Waals surface area contributed by atoms with Crippen LogP contribution in [0.5, 0.6) is 0 Å².